The number of carbonyl (C=O) groups excluding carboxylic acids is 1. The second kappa shape index (κ2) is 10.8. The Labute approximate surface area is 186 Å². The molecule has 0 saturated heterocycles. The molecule has 0 radical (unpaired) electrons. The largest absolute Gasteiger partial charge is 0.512 e. The smallest absolute Gasteiger partial charge is 0.230 e. The zero-order valence-corrected chi connectivity index (χ0v) is 17.9. The van der Waals surface area contributed by atoms with Gasteiger partial charge in [0.25, 0.3) is 0 Å². The van der Waals surface area contributed by atoms with Crippen LogP contribution in [0.25, 0.3) is 17.3 Å². The minimum absolute atomic E-state index is 0.127. The number of benzene rings is 2. The minimum Gasteiger partial charge on any atom is -0.512 e. The Hall–Kier alpha value is -4.13. The first kappa shape index (κ1) is 22.6. The molecular formula is C25H25N3O4. The number of hydrogen-bond donors (Lipinski definition) is 3. The first-order valence-electron chi connectivity index (χ1n) is 10.1. The summed E-state index contributed by atoms with van der Waals surface area (Å²) in [6, 6.07) is 13.9. The minimum atomic E-state index is -0.260. The van der Waals surface area contributed by atoms with E-state index in [1.165, 1.54) is 12.1 Å². The predicted molar refractivity (Wildman–Crippen MR) is 124 cm³/mol. The molecule has 0 spiro atoms. The number of phenols is 1. The van der Waals surface area contributed by atoms with Gasteiger partial charge < -0.3 is 20.3 Å². The van der Waals surface area contributed by atoms with Crippen molar-refractivity contribution in [3.63, 3.8) is 0 Å². The third kappa shape index (κ3) is 6.18. The molecule has 3 aromatic rings. The maximum Gasteiger partial charge on any atom is 0.230 e. The van der Waals surface area contributed by atoms with Gasteiger partial charge in [-0.1, -0.05) is 25.1 Å². The molecule has 1 aromatic heterocycles. The average molecular weight is 431 g/mol. The lowest BCUT2D eigenvalue weighted by Gasteiger charge is -2.10. The van der Waals surface area contributed by atoms with Crippen LogP contribution in [-0.4, -0.2) is 33.2 Å². The van der Waals surface area contributed by atoms with Crippen molar-refractivity contribution < 1.29 is 19.7 Å². The SMILES string of the molecule is CC/C(O)=C\C=C\c1nc(-c2ccc(OC)cc2)cnc1NC(=O)Cc1ccc(O)cc1. The van der Waals surface area contributed by atoms with Crippen LogP contribution in [0.5, 0.6) is 11.5 Å². The number of ether oxygens (including phenoxy) is 1. The van der Waals surface area contributed by atoms with Gasteiger partial charge in [0.2, 0.25) is 5.91 Å². The first-order valence-corrected chi connectivity index (χ1v) is 10.1. The van der Waals surface area contributed by atoms with Gasteiger partial charge in [-0.2, -0.15) is 0 Å². The maximum atomic E-state index is 12.5. The van der Waals surface area contributed by atoms with Crippen LogP contribution in [0.4, 0.5) is 5.82 Å². The summed E-state index contributed by atoms with van der Waals surface area (Å²) in [5.41, 5.74) is 2.70. The van der Waals surface area contributed by atoms with E-state index in [4.69, 9.17) is 4.74 Å². The summed E-state index contributed by atoms with van der Waals surface area (Å²) in [5.74, 6) is 1.17. The van der Waals surface area contributed by atoms with Crippen LogP contribution in [0.15, 0.2) is 72.6 Å². The normalized spacial score (nSPS) is 11.5. The Balaban J connectivity index is 1.87. The number of phenolic OH excluding ortho intramolecular Hbond substituents is 1. The Morgan fingerprint density at radius 1 is 1.12 bits per heavy atom. The van der Waals surface area contributed by atoms with Crippen molar-refractivity contribution in [1.82, 2.24) is 9.97 Å². The highest BCUT2D eigenvalue weighted by Crippen LogP contribution is 2.23. The van der Waals surface area contributed by atoms with E-state index in [1.54, 1.807) is 43.7 Å². The molecule has 0 fully saturated rings. The lowest BCUT2D eigenvalue weighted by Crippen LogP contribution is -2.16. The van der Waals surface area contributed by atoms with E-state index in [9.17, 15) is 15.0 Å². The third-order valence-electron chi connectivity index (χ3n) is 4.65. The number of nitrogens with zero attached hydrogens (tertiary/aromatic N) is 2. The number of rotatable bonds is 8. The van der Waals surface area contributed by atoms with E-state index in [-0.39, 0.29) is 23.8 Å². The number of hydrogen-bond acceptors (Lipinski definition) is 6. The van der Waals surface area contributed by atoms with E-state index in [0.717, 1.165) is 16.9 Å². The molecule has 1 heterocycles. The molecule has 0 aliphatic rings. The summed E-state index contributed by atoms with van der Waals surface area (Å²) in [5, 5.41) is 21.9. The van der Waals surface area contributed by atoms with Crippen LogP contribution in [0.2, 0.25) is 0 Å². The molecule has 0 aliphatic carbocycles. The summed E-state index contributed by atoms with van der Waals surface area (Å²) in [6.45, 7) is 1.85. The molecule has 0 saturated carbocycles. The van der Waals surface area contributed by atoms with Gasteiger partial charge in [-0.15, -0.1) is 0 Å². The highest BCUT2D eigenvalue weighted by molar-refractivity contribution is 5.93. The lowest BCUT2D eigenvalue weighted by atomic mass is 10.1. The molecule has 2 aromatic carbocycles. The van der Waals surface area contributed by atoms with Crippen LogP contribution in [-0.2, 0) is 11.2 Å². The van der Waals surface area contributed by atoms with E-state index in [1.807, 2.05) is 31.2 Å². The Bertz CT molecular complexity index is 1120. The second-order valence-electron chi connectivity index (χ2n) is 6.98. The van der Waals surface area contributed by atoms with Gasteiger partial charge in [0.15, 0.2) is 5.82 Å². The zero-order chi connectivity index (χ0) is 22.9. The number of aromatic nitrogens is 2. The third-order valence-corrected chi connectivity index (χ3v) is 4.65. The standard InChI is InChI=1S/C25H25N3O4/c1-3-19(29)5-4-6-22-25(28-24(31)15-17-7-11-20(30)12-8-17)26-16-23(27-22)18-9-13-21(32-2)14-10-18/h4-14,16,29-30H,3,15H2,1-2H3,(H,26,28,31)/b6-4+,19-5+. The number of nitrogens with one attached hydrogen (secondary N) is 1. The van der Waals surface area contributed by atoms with Crippen LogP contribution in [0.1, 0.15) is 24.6 Å². The first-order chi connectivity index (χ1) is 15.5. The number of allylic oxidation sites excluding steroid dienone is 3. The molecule has 164 valence electrons. The molecule has 3 rings (SSSR count). The van der Waals surface area contributed by atoms with Crippen molar-refractivity contribution in [2.45, 2.75) is 19.8 Å². The van der Waals surface area contributed by atoms with Crippen molar-refractivity contribution in [3.8, 4) is 22.8 Å². The Kier molecular flexibility index (Phi) is 7.59. The topological polar surface area (TPSA) is 105 Å². The number of aromatic hydroxyl groups is 1. The molecular weight excluding hydrogens is 406 g/mol. The number of methoxy groups -OCH3 is 1. The fraction of sp³-hybridized carbons (Fsp3) is 0.160. The van der Waals surface area contributed by atoms with Gasteiger partial charge in [-0.25, -0.2) is 9.97 Å². The van der Waals surface area contributed by atoms with Gasteiger partial charge in [-0.05, 0) is 54.1 Å². The quantitative estimate of drug-likeness (QED) is 0.346. The van der Waals surface area contributed by atoms with Crippen LogP contribution in [0, 0.1) is 0 Å². The molecule has 3 N–H and O–H groups in total. The molecule has 7 nitrogen and oxygen atoms in total. The van der Waals surface area contributed by atoms with Gasteiger partial charge in [0, 0.05) is 12.0 Å². The maximum absolute atomic E-state index is 12.5. The zero-order valence-electron chi connectivity index (χ0n) is 17.9. The van der Waals surface area contributed by atoms with Gasteiger partial charge in [0.1, 0.15) is 17.2 Å². The number of amides is 1. The van der Waals surface area contributed by atoms with Crippen LogP contribution in [0.3, 0.4) is 0 Å². The molecule has 0 unspecified atom stereocenters. The van der Waals surface area contributed by atoms with Crippen LogP contribution >= 0.6 is 0 Å². The summed E-state index contributed by atoms with van der Waals surface area (Å²) in [7, 11) is 1.60. The van der Waals surface area contributed by atoms with Gasteiger partial charge in [-0.3, -0.25) is 4.79 Å². The molecule has 7 heteroatoms. The molecule has 0 aliphatic heterocycles. The summed E-state index contributed by atoms with van der Waals surface area (Å²) in [6.07, 6.45) is 7.15. The van der Waals surface area contributed by atoms with E-state index in [0.29, 0.717) is 23.6 Å². The monoisotopic (exact) mass is 431 g/mol. The van der Waals surface area contributed by atoms with Crippen molar-refractivity contribution in [1.29, 1.82) is 0 Å². The summed E-state index contributed by atoms with van der Waals surface area (Å²) < 4.78 is 5.19. The van der Waals surface area contributed by atoms with Gasteiger partial charge in [0.05, 0.1) is 31.2 Å². The van der Waals surface area contributed by atoms with Gasteiger partial charge >= 0.3 is 0 Å². The van der Waals surface area contributed by atoms with Crippen molar-refractivity contribution >= 4 is 17.8 Å². The Morgan fingerprint density at radius 2 is 1.84 bits per heavy atom. The molecule has 0 atom stereocenters. The van der Waals surface area contributed by atoms with Crippen LogP contribution < -0.4 is 10.1 Å². The van der Waals surface area contributed by atoms with Crippen molar-refractivity contribution in [2.24, 2.45) is 0 Å². The molecule has 1 amide bonds. The summed E-state index contributed by atoms with van der Waals surface area (Å²) >= 11 is 0. The van der Waals surface area contributed by atoms with Crippen molar-refractivity contribution in [3.05, 3.63) is 83.9 Å². The van der Waals surface area contributed by atoms with Crippen molar-refractivity contribution in [2.75, 3.05) is 12.4 Å². The number of anilines is 1. The highest BCUT2D eigenvalue weighted by atomic mass is 16.5. The number of aliphatic hydroxyl groups excluding tert-OH is 1. The van der Waals surface area contributed by atoms with E-state index >= 15 is 0 Å². The number of carbonyl (C=O) groups is 1. The van der Waals surface area contributed by atoms with E-state index in [2.05, 4.69) is 15.3 Å². The van der Waals surface area contributed by atoms with E-state index < -0.39 is 0 Å². The summed E-state index contributed by atoms with van der Waals surface area (Å²) in [4.78, 5) is 21.6. The molecule has 32 heavy (non-hydrogen) atoms. The number of aliphatic hydroxyl groups is 1. The highest BCUT2D eigenvalue weighted by Gasteiger charge is 2.11. The molecule has 0 bridgehead atoms. The fourth-order valence-corrected chi connectivity index (χ4v) is 2.86. The Morgan fingerprint density at radius 3 is 2.50 bits per heavy atom. The lowest BCUT2D eigenvalue weighted by molar-refractivity contribution is -0.115. The predicted octanol–water partition coefficient (Wildman–Crippen LogP) is 4.90. The second-order valence-corrected chi connectivity index (χ2v) is 6.98. The average Bonchev–Trinajstić information content (AvgIpc) is 2.81. The fourth-order valence-electron chi connectivity index (χ4n) is 2.86.